The summed E-state index contributed by atoms with van der Waals surface area (Å²) in [6, 6.07) is 5.16. The van der Waals surface area contributed by atoms with Gasteiger partial charge in [-0.1, -0.05) is 11.6 Å². The van der Waals surface area contributed by atoms with Crippen LogP contribution in [0.2, 0.25) is 5.02 Å². The Bertz CT molecular complexity index is 448. The van der Waals surface area contributed by atoms with Gasteiger partial charge in [-0.25, -0.2) is 0 Å². The van der Waals surface area contributed by atoms with Gasteiger partial charge in [-0.15, -0.1) is 0 Å². The van der Waals surface area contributed by atoms with Gasteiger partial charge >= 0.3 is 5.97 Å². The van der Waals surface area contributed by atoms with Gasteiger partial charge in [-0.3, -0.25) is 9.59 Å². The number of methoxy groups -OCH3 is 1. The average molecular weight is 272 g/mol. The first kappa shape index (κ1) is 14.3. The Morgan fingerprint density at radius 1 is 1.44 bits per heavy atom. The average Bonchev–Trinajstić information content (AvgIpc) is 2.34. The van der Waals surface area contributed by atoms with Crippen LogP contribution in [0.25, 0.3) is 0 Å². The Morgan fingerprint density at radius 2 is 2.17 bits per heavy atom. The molecule has 98 valence electrons. The molecule has 0 radical (unpaired) electrons. The molecule has 0 saturated carbocycles. The van der Waals surface area contributed by atoms with E-state index in [4.69, 9.17) is 21.4 Å². The van der Waals surface area contributed by atoms with E-state index in [1.807, 2.05) is 0 Å². The Kier molecular flexibility index (Phi) is 5.45. The van der Waals surface area contributed by atoms with Crippen molar-refractivity contribution in [1.29, 1.82) is 0 Å². The van der Waals surface area contributed by atoms with Crippen molar-refractivity contribution in [3.05, 3.63) is 28.8 Å². The SMILES string of the molecule is COc1ccc(Cl)cc1CCC(=O)NCC(=O)O. The summed E-state index contributed by atoms with van der Waals surface area (Å²) in [6.07, 6.45) is 0.624. The van der Waals surface area contributed by atoms with Gasteiger partial charge in [-0.2, -0.15) is 0 Å². The van der Waals surface area contributed by atoms with E-state index in [9.17, 15) is 9.59 Å². The molecule has 0 heterocycles. The Morgan fingerprint density at radius 3 is 2.78 bits per heavy atom. The van der Waals surface area contributed by atoms with Crippen LogP contribution >= 0.6 is 11.6 Å². The number of benzene rings is 1. The van der Waals surface area contributed by atoms with E-state index in [-0.39, 0.29) is 18.9 Å². The van der Waals surface area contributed by atoms with Crippen LogP contribution in [0.1, 0.15) is 12.0 Å². The number of amides is 1. The smallest absolute Gasteiger partial charge is 0.322 e. The highest BCUT2D eigenvalue weighted by molar-refractivity contribution is 6.30. The molecule has 6 heteroatoms. The maximum Gasteiger partial charge on any atom is 0.322 e. The molecule has 1 aromatic carbocycles. The van der Waals surface area contributed by atoms with Gasteiger partial charge < -0.3 is 15.2 Å². The van der Waals surface area contributed by atoms with Crippen LogP contribution in [0.5, 0.6) is 5.75 Å². The highest BCUT2D eigenvalue weighted by Crippen LogP contribution is 2.23. The first-order chi connectivity index (χ1) is 8.52. The highest BCUT2D eigenvalue weighted by atomic mass is 35.5. The predicted molar refractivity (Wildman–Crippen MR) is 67.0 cm³/mol. The molecule has 18 heavy (non-hydrogen) atoms. The zero-order chi connectivity index (χ0) is 13.5. The van der Waals surface area contributed by atoms with Crippen LogP contribution in [-0.4, -0.2) is 30.6 Å². The van der Waals surface area contributed by atoms with Crippen molar-refractivity contribution >= 4 is 23.5 Å². The molecule has 0 atom stereocenters. The molecule has 0 aliphatic rings. The maximum atomic E-state index is 11.4. The second-order valence-electron chi connectivity index (χ2n) is 3.63. The second kappa shape index (κ2) is 6.86. The van der Waals surface area contributed by atoms with Crippen molar-refractivity contribution in [3.63, 3.8) is 0 Å². The molecule has 1 amide bonds. The van der Waals surface area contributed by atoms with Gasteiger partial charge in [0.05, 0.1) is 7.11 Å². The minimum absolute atomic E-state index is 0.185. The third kappa shape index (κ3) is 4.63. The van der Waals surface area contributed by atoms with Crippen LogP contribution < -0.4 is 10.1 Å². The summed E-state index contributed by atoms with van der Waals surface area (Å²) in [5, 5.41) is 11.3. The van der Waals surface area contributed by atoms with Crippen LogP contribution in [0.4, 0.5) is 0 Å². The normalized spacial score (nSPS) is 9.89. The van der Waals surface area contributed by atoms with Gasteiger partial charge in [0.1, 0.15) is 12.3 Å². The monoisotopic (exact) mass is 271 g/mol. The number of hydrogen-bond acceptors (Lipinski definition) is 3. The highest BCUT2D eigenvalue weighted by Gasteiger charge is 2.08. The number of ether oxygens (including phenoxy) is 1. The van der Waals surface area contributed by atoms with Crippen LogP contribution in [0, 0.1) is 0 Å². The largest absolute Gasteiger partial charge is 0.496 e. The molecular formula is C12H14ClNO4. The van der Waals surface area contributed by atoms with E-state index in [0.717, 1.165) is 5.56 Å². The first-order valence-corrected chi connectivity index (χ1v) is 5.71. The zero-order valence-corrected chi connectivity index (χ0v) is 10.7. The number of carboxylic acid groups (broad SMARTS) is 1. The second-order valence-corrected chi connectivity index (χ2v) is 4.06. The van der Waals surface area contributed by atoms with E-state index in [1.54, 1.807) is 18.2 Å². The van der Waals surface area contributed by atoms with E-state index in [0.29, 0.717) is 17.2 Å². The van der Waals surface area contributed by atoms with E-state index in [1.165, 1.54) is 7.11 Å². The summed E-state index contributed by atoms with van der Waals surface area (Å²) in [6.45, 7) is -0.370. The molecule has 0 spiro atoms. The zero-order valence-electron chi connectivity index (χ0n) is 9.90. The van der Waals surface area contributed by atoms with Gasteiger partial charge in [0, 0.05) is 11.4 Å². The number of carboxylic acids is 1. The number of rotatable bonds is 6. The fraction of sp³-hybridized carbons (Fsp3) is 0.333. The van der Waals surface area contributed by atoms with Gasteiger partial charge in [0.2, 0.25) is 5.91 Å². The minimum atomic E-state index is -1.07. The number of carbonyl (C=O) groups is 2. The third-order valence-corrected chi connectivity index (χ3v) is 2.54. The van der Waals surface area contributed by atoms with Crippen LogP contribution in [0.15, 0.2) is 18.2 Å². The molecule has 0 aliphatic heterocycles. The molecule has 0 saturated heterocycles. The molecular weight excluding hydrogens is 258 g/mol. The van der Waals surface area contributed by atoms with Gasteiger partial charge in [0.25, 0.3) is 0 Å². The molecule has 1 aromatic rings. The third-order valence-electron chi connectivity index (χ3n) is 2.30. The summed E-state index contributed by atoms with van der Waals surface area (Å²) in [7, 11) is 1.54. The lowest BCUT2D eigenvalue weighted by molar-refractivity contribution is -0.137. The predicted octanol–water partition coefficient (Wildman–Crippen LogP) is 1.48. The lowest BCUT2D eigenvalue weighted by atomic mass is 10.1. The lowest BCUT2D eigenvalue weighted by Gasteiger charge is -2.08. The molecule has 5 nitrogen and oxygen atoms in total. The number of aliphatic carboxylic acids is 1. The van der Waals surface area contributed by atoms with E-state index < -0.39 is 5.97 Å². The fourth-order valence-corrected chi connectivity index (χ4v) is 1.65. The topological polar surface area (TPSA) is 75.6 Å². The van der Waals surface area contributed by atoms with E-state index in [2.05, 4.69) is 5.32 Å². The lowest BCUT2D eigenvalue weighted by Crippen LogP contribution is -2.29. The number of halogens is 1. The number of nitrogens with one attached hydrogen (secondary N) is 1. The summed E-state index contributed by atoms with van der Waals surface area (Å²) < 4.78 is 5.15. The van der Waals surface area contributed by atoms with Gasteiger partial charge in [-0.05, 0) is 30.2 Å². The van der Waals surface area contributed by atoms with Crippen molar-refractivity contribution in [3.8, 4) is 5.75 Å². The minimum Gasteiger partial charge on any atom is -0.496 e. The summed E-state index contributed by atoms with van der Waals surface area (Å²) in [5.74, 6) is -0.728. The molecule has 0 unspecified atom stereocenters. The summed E-state index contributed by atoms with van der Waals surface area (Å²) in [5.41, 5.74) is 0.815. The fourth-order valence-electron chi connectivity index (χ4n) is 1.45. The van der Waals surface area contributed by atoms with Crippen molar-refractivity contribution in [1.82, 2.24) is 5.32 Å². The first-order valence-electron chi connectivity index (χ1n) is 5.34. The number of aryl methyl sites for hydroxylation is 1. The van der Waals surface area contributed by atoms with Crippen LogP contribution in [-0.2, 0) is 16.0 Å². The molecule has 0 aromatic heterocycles. The number of carbonyl (C=O) groups excluding carboxylic acids is 1. The van der Waals surface area contributed by atoms with Crippen molar-refractivity contribution < 1.29 is 19.4 Å². The number of hydrogen-bond donors (Lipinski definition) is 2. The standard InChI is InChI=1S/C12H14ClNO4/c1-18-10-4-3-9(13)6-8(10)2-5-11(15)14-7-12(16)17/h3-4,6H,2,5,7H2,1H3,(H,14,15)(H,16,17). The van der Waals surface area contributed by atoms with Crippen molar-refractivity contribution in [2.24, 2.45) is 0 Å². The van der Waals surface area contributed by atoms with Crippen molar-refractivity contribution in [2.45, 2.75) is 12.8 Å². The molecule has 1 rings (SSSR count). The summed E-state index contributed by atoms with van der Waals surface area (Å²) >= 11 is 5.86. The summed E-state index contributed by atoms with van der Waals surface area (Å²) in [4.78, 5) is 21.6. The van der Waals surface area contributed by atoms with Crippen LogP contribution in [0.3, 0.4) is 0 Å². The van der Waals surface area contributed by atoms with Crippen molar-refractivity contribution in [2.75, 3.05) is 13.7 Å². The Labute approximate surface area is 110 Å². The molecule has 0 aliphatic carbocycles. The maximum absolute atomic E-state index is 11.4. The Hall–Kier alpha value is -1.75. The molecule has 2 N–H and O–H groups in total. The van der Waals surface area contributed by atoms with Gasteiger partial charge in [0.15, 0.2) is 0 Å². The molecule has 0 bridgehead atoms. The quantitative estimate of drug-likeness (QED) is 0.822. The Balaban J connectivity index is 2.54. The van der Waals surface area contributed by atoms with E-state index >= 15 is 0 Å². The molecule has 0 fully saturated rings.